The highest BCUT2D eigenvalue weighted by Crippen LogP contribution is 2.37. The van der Waals surface area contributed by atoms with Gasteiger partial charge < -0.3 is 15.7 Å². The van der Waals surface area contributed by atoms with Crippen LogP contribution in [-0.4, -0.2) is 46.8 Å². The number of alkyl halides is 4. The maximum Gasteiger partial charge on any atom is 0.320 e. The van der Waals surface area contributed by atoms with Crippen molar-refractivity contribution in [3.8, 4) is 0 Å². The summed E-state index contributed by atoms with van der Waals surface area (Å²) in [4.78, 5) is 12.2. The molecule has 2 atom stereocenters. The number of hydrogen-bond acceptors (Lipinski definition) is 3. The highest BCUT2D eigenvalue weighted by Gasteiger charge is 2.23. The molecule has 3 aromatic carbocycles. The van der Waals surface area contributed by atoms with E-state index in [9.17, 15) is 4.79 Å². The molecule has 1 unspecified atom stereocenters. The number of benzene rings is 3. The molecule has 0 amide bonds. The Morgan fingerprint density at radius 3 is 1.92 bits per heavy atom. The van der Waals surface area contributed by atoms with Gasteiger partial charge in [-0.3, -0.25) is 4.79 Å². The zero-order chi connectivity index (χ0) is 27.4. The summed E-state index contributed by atoms with van der Waals surface area (Å²) in [6.07, 6.45) is 0.320. The number of carboxylic acid groups (broad SMARTS) is 1. The van der Waals surface area contributed by atoms with Gasteiger partial charge in [-0.15, -0.1) is 46.4 Å². The number of anilines is 1. The third-order valence-corrected chi connectivity index (χ3v) is 6.94. The number of carbonyl (C=O) groups is 1. The van der Waals surface area contributed by atoms with Crippen LogP contribution in [0.15, 0.2) is 72.8 Å². The largest absolute Gasteiger partial charge is 0.480 e. The van der Waals surface area contributed by atoms with Gasteiger partial charge in [-0.1, -0.05) is 65.7 Å². The highest BCUT2D eigenvalue weighted by molar-refractivity contribution is 6.45. The molecule has 0 heterocycles. The summed E-state index contributed by atoms with van der Waals surface area (Å²) < 4.78 is 0. The van der Waals surface area contributed by atoms with Crippen LogP contribution >= 0.6 is 69.6 Å². The molecule has 0 aliphatic carbocycles. The quantitative estimate of drug-likeness (QED) is 0.213. The maximum absolute atomic E-state index is 10.7. The Balaban J connectivity index is 0.000000260. The number of carboxylic acids is 1. The monoisotopic (exact) mass is 622 g/mol. The lowest BCUT2D eigenvalue weighted by Crippen LogP contribution is -2.32. The minimum atomic E-state index is -0.991. The molecule has 37 heavy (non-hydrogen) atoms. The van der Waals surface area contributed by atoms with Gasteiger partial charge in [-0.05, 0) is 53.4 Å². The number of aliphatic carboxylic acids is 1. The molecule has 0 saturated carbocycles. The van der Waals surface area contributed by atoms with Gasteiger partial charge in [0.05, 0.1) is 0 Å². The van der Waals surface area contributed by atoms with Crippen LogP contribution in [0, 0.1) is 0 Å². The molecule has 200 valence electrons. The SMILES string of the molecule is Clc1ccc(C(c2ccccc2Cl)C(Cl)Cl)cc1.N[C@@H](Cc1ccc(N(CCCl)CCCl)cc1)C(=O)O. The zero-order valence-electron chi connectivity index (χ0n) is 19.8. The van der Waals surface area contributed by atoms with E-state index in [-0.39, 0.29) is 5.92 Å². The summed E-state index contributed by atoms with van der Waals surface area (Å²) in [6, 6.07) is 21.8. The second kappa shape index (κ2) is 16.6. The van der Waals surface area contributed by atoms with E-state index in [0.29, 0.717) is 28.2 Å². The summed E-state index contributed by atoms with van der Waals surface area (Å²) in [5, 5.41) is 10.1. The van der Waals surface area contributed by atoms with Crippen LogP contribution < -0.4 is 10.6 Å². The molecular weight excluding hydrogens is 597 g/mol. The van der Waals surface area contributed by atoms with Gasteiger partial charge in [0.15, 0.2) is 0 Å². The third kappa shape index (κ3) is 10.4. The summed E-state index contributed by atoms with van der Waals surface area (Å²) in [6.45, 7) is 1.45. The molecule has 0 fully saturated rings. The van der Waals surface area contributed by atoms with Crippen molar-refractivity contribution >= 4 is 81.3 Å². The van der Waals surface area contributed by atoms with Gasteiger partial charge in [0.2, 0.25) is 0 Å². The lowest BCUT2D eigenvalue weighted by atomic mass is 9.93. The smallest absolute Gasteiger partial charge is 0.320 e. The summed E-state index contributed by atoms with van der Waals surface area (Å²) in [5.74, 6) is -0.0975. The lowest BCUT2D eigenvalue weighted by Gasteiger charge is -2.23. The summed E-state index contributed by atoms with van der Waals surface area (Å²) in [5.41, 5.74) is 9.32. The van der Waals surface area contributed by atoms with Gasteiger partial charge in [0, 0.05) is 46.5 Å². The number of rotatable bonds is 11. The molecule has 0 aromatic heterocycles. The van der Waals surface area contributed by atoms with Gasteiger partial charge in [-0.25, -0.2) is 0 Å². The first-order valence-corrected chi connectivity index (χ1v) is 14.1. The molecule has 0 aliphatic rings. The van der Waals surface area contributed by atoms with Gasteiger partial charge in [0.25, 0.3) is 0 Å². The van der Waals surface area contributed by atoms with E-state index in [1.807, 2.05) is 72.8 Å². The Bertz CT molecular complexity index is 1090. The Kier molecular flexibility index (Phi) is 14.3. The standard InChI is InChI=1S/C14H10Cl4.C13H18Cl2N2O2/c15-10-7-5-9(6-8-10)13(14(17)18)11-3-1-2-4-12(11)16;14-5-7-17(8-6-15)11-3-1-10(2-4-11)9-12(16)13(18)19/h1-8,13-14H;1-4,12H,5-9,16H2,(H,18,19)/t;12-/m.0/s1. The van der Waals surface area contributed by atoms with Crippen LogP contribution in [0.3, 0.4) is 0 Å². The van der Waals surface area contributed by atoms with E-state index in [1.165, 1.54) is 0 Å². The molecule has 0 radical (unpaired) electrons. The number of nitrogens with zero attached hydrogens (tertiary/aromatic N) is 1. The van der Waals surface area contributed by atoms with E-state index in [4.69, 9.17) is 80.4 Å². The second-order valence-electron chi connectivity index (χ2n) is 8.07. The van der Waals surface area contributed by atoms with Gasteiger partial charge >= 0.3 is 5.97 Å². The molecule has 3 rings (SSSR count). The van der Waals surface area contributed by atoms with Crippen molar-refractivity contribution < 1.29 is 9.90 Å². The fourth-order valence-corrected chi connectivity index (χ4v) is 4.97. The minimum Gasteiger partial charge on any atom is -0.480 e. The van der Waals surface area contributed by atoms with Crippen LogP contribution in [0.5, 0.6) is 0 Å². The van der Waals surface area contributed by atoms with E-state index in [1.54, 1.807) is 0 Å². The Morgan fingerprint density at radius 2 is 1.43 bits per heavy atom. The fourth-order valence-electron chi connectivity index (χ4n) is 3.62. The van der Waals surface area contributed by atoms with E-state index < -0.39 is 16.8 Å². The molecule has 0 aliphatic heterocycles. The molecule has 3 N–H and O–H groups in total. The van der Waals surface area contributed by atoms with E-state index >= 15 is 0 Å². The Labute approximate surface area is 248 Å². The normalized spacial score (nSPS) is 12.4. The highest BCUT2D eigenvalue weighted by atomic mass is 35.5. The lowest BCUT2D eigenvalue weighted by molar-refractivity contribution is -0.138. The molecule has 0 spiro atoms. The average molecular weight is 625 g/mol. The average Bonchev–Trinajstić information content (AvgIpc) is 2.87. The first-order valence-electron chi connectivity index (χ1n) is 11.4. The van der Waals surface area contributed by atoms with Gasteiger partial charge in [0.1, 0.15) is 10.9 Å². The van der Waals surface area contributed by atoms with E-state index in [0.717, 1.165) is 35.5 Å². The molecule has 0 saturated heterocycles. The van der Waals surface area contributed by atoms with Crippen LogP contribution in [0.4, 0.5) is 5.69 Å². The summed E-state index contributed by atoms with van der Waals surface area (Å²) >= 11 is 35.8. The van der Waals surface area contributed by atoms with Crippen molar-refractivity contribution in [3.05, 3.63) is 99.5 Å². The van der Waals surface area contributed by atoms with Crippen molar-refractivity contribution in [2.24, 2.45) is 5.73 Å². The van der Waals surface area contributed by atoms with Crippen molar-refractivity contribution in [1.29, 1.82) is 0 Å². The predicted molar refractivity (Wildman–Crippen MR) is 160 cm³/mol. The molecule has 4 nitrogen and oxygen atoms in total. The zero-order valence-corrected chi connectivity index (χ0v) is 24.4. The topological polar surface area (TPSA) is 66.6 Å². The summed E-state index contributed by atoms with van der Waals surface area (Å²) in [7, 11) is 0. The van der Waals surface area contributed by atoms with Crippen molar-refractivity contribution in [2.75, 3.05) is 29.7 Å². The van der Waals surface area contributed by atoms with Crippen molar-refractivity contribution in [1.82, 2.24) is 0 Å². The van der Waals surface area contributed by atoms with Crippen molar-refractivity contribution in [2.45, 2.75) is 23.2 Å². The van der Waals surface area contributed by atoms with Crippen LogP contribution in [0.25, 0.3) is 0 Å². The van der Waals surface area contributed by atoms with Crippen molar-refractivity contribution in [3.63, 3.8) is 0 Å². The van der Waals surface area contributed by atoms with Crippen LogP contribution in [0.1, 0.15) is 22.6 Å². The first-order chi connectivity index (χ1) is 17.7. The maximum atomic E-state index is 10.7. The number of halogens is 6. The molecule has 0 bridgehead atoms. The van der Waals surface area contributed by atoms with Crippen LogP contribution in [-0.2, 0) is 11.2 Å². The Hall–Kier alpha value is -1.37. The third-order valence-electron chi connectivity index (χ3n) is 5.50. The van der Waals surface area contributed by atoms with Gasteiger partial charge in [-0.2, -0.15) is 0 Å². The minimum absolute atomic E-state index is 0.167. The second-order valence-corrected chi connectivity index (χ2v) is 10.8. The molecular formula is C27H28Cl6N2O2. The fraction of sp³-hybridized carbons (Fsp3) is 0.296. The van der Waals surface area contributed by atoms with E-state index in [2.05, 4.69) is 4.90 Å². The molecule has 10 heteroatoms. The Morgan fingerprint density at radius 1 is 0.865 bits per heavy atom. The first kappa shape index (κ1) is 31.8. The molecule has 3 aromatic rings. The number of hydrogen-bond donors (Lipinski definition) is 2. The predicted octanol–water partition coefficient (Wildman–Crippen LogP) is 7.85. The number of nitrogens with two attached hydrogens (primary N) is 1. The van der Waals surface area contributed by atoms with Crippen LogP contribution in [0.2, 0.25) is 10.0 Å².